The molecule has 0 unspecified atom stereocenters. The minimum atomic E-state index is -1.91. The number of allylic oxidation sites excluding steroid dienone is 2. The second-order valence-electron chi connectivity index (χ2n) is 23.3. The van der Waals surface area contributed by atoms with Crippen molar-refractivity contribution in [3.8, 4) is 0 Å². The molecule has 0 amide bonds. The first-order chi connectivity index (χ1) is 31.2. The zero-order valence-corrected chi connectivity index (χ0v) is 39.7. The van der Waals surface area contributed by atoms with Gasteiger partial charge < -0.3 is 84.6 Å². The van der Waals surface area contributed by atoms with Crippen molar-refractivity contribution in [3.63, 3.8) is 0 Å². The van der Waals surface area contributed by atoms with Gasteiger partial charge in [0.25, 0.3) is 0 Å². The molecule has 8 aliphatic rings. The molecule has 24 atom stereocenters. The summed E-state index contributed by atoms with van der Waals surface area (Å²) in [6, 6.07) is 0. The van der Waals surface area contributed by atoms with Crippen molar-refractivity contribution in [3.05, 3.63) is 11.6 Å². The van der Waals surface area contributed by atoms with Crippen molar-refractivity contribution in [1.82, 2.24) is 0 Å². The van der Waals surface area contributed by atoms with Crippen LogP contribution in [0.3, 0.4) is 0 Å². The molecule has 3 saturated heterocycles. The summed E-state index contributed by atoms with van der Waals surface area (Å²) in [5.74, 6) is -2.24. The topological polar surface area (TPSA) is 312 Å². The molecule has 7 fully saturated rings. The van der Waals surface area contributed by atoms with Gasteiger partial charge in [-0.25, -0.2) is 4.79 Å². The molecule has 0 aromatic rings. The fourth-order valence-electron chi connectivity index (χ4n) is 15.0. The highest BCUT2D eigenvalue weighted by Gasteiger charge is 2.70. The van der Waals surface area contributed by atoms with Crippen LogP contribution in [0.5, 0.6) is 0 Å². The summed E-state index contributed by atoms with van der Waals surface area (Å²) in [6.07, 6.45) is -16.4. The Bertz CT molecular complexity index is 1880. The molecule has 5 aliphatic carbocycles. The van der Waals surface area contributed by atoms with Gasteiger partial charge in [-0.1, -0.05) is 53.2 Å². The number of ether oxygens (including phenoxy) is 6. The first kappa shape index (κ1) is 51.4. The molecule has 3 heterocycles. The van der Waals surface area contributed by atoms with Crippen molar-refractivity contribution in [2.24, 2.45) is 50.2 Å². The Kier molecular flexibility index (Phi) is 13.8. The van der Waals surface area contributed by atoms with E-state index in [4.69, 9.17) is 28.4 Å². The van der Waals surface area contributed by atoms with E-state index in [1.54, 1.807) is 0 Å². The van der Waals surface area contributed by atoms with E-state index < -0.39 is 128 Å². The maximum Gasteiger partial charge on any atom is 0.335 e. The number of aliphatic hydroxyl groups excluding tert-OH is 10. The van der Waals surface area contributed by atoms with Gasteiger partial charge >= 0.3 is 11.9 Å². The molecule has 11 N–H and O–H groups in total. The number of hydrogen-bond acceptors (Lipinski definition) is 18. The van der Waals surface area contributed by atoms with Crippen LogP contribution in [0.2, 0.25) is 0 Å². The quantitative estimate of drug-likeness (QED) is 0.0838. The molecule has 19 heteroatoms. The zero-order chi connectivity index (χ0) is 49.1. The van der Waals surface area contributed by atoms with Crippen molar-refractivity contribution >= 4 is 11.9 Å². The average molecular weight is 957 g/mol. The van der Waals surface area contributed by atoms with E-state index in [2.05, 4.69) is 40.7 Å². The highest BCUT2D eigenvalue weighted by Crippen LogP contribution is 2.76. The molecule has 0 aromatic heterocycles. The summed E-state index contributed by atoms with van der Waals surface area (Å²) >= 11 is 0. The average Bonchev–Trinajstić information content (AvgIpc) is 3.27. The number of fused-ring (bicyclic) bond motifs is 7. The molecular formula is C48H76O19. The van der Waals surface area contributed by atoms with E-state index in [1.807, 2.05) is 6.92 Å². The first-order valence-electron chi connectivity index (χ1n) is 24.3. The van der Waals surface area contributed by atoms with Crippen LogP contribution in [-0.4, -0.2) is 180 Å². The van der Waals surface area contributed by atoms with Gasteiger partial charge in [0.1, 0.15) is 61.0 Å². The summed E-state index contributed by atoms with van der Waals surface area (Å²) in [5, 5.41) is 117. The van der Waals surface area contributed by atoms with Gasteiger partial charge in [0.05, 0.1) is 30.8 Å². The van der Waals surface area contributed by atoms with Crippen LogP contribution in [0.15, 0.2) is 11.6 Å². The van der Waals surface area contributed by atoms with E-state index in [1.165, 1.54) is 12.5 Å². The molecule has 8 rings (SSSR count). The Hall–Kier alpha value is -1.92. The number of esters is 1. The maximum absolute atomic E-state index is 14.7. The minimum absolute atomic E-state index is 0.0947. The number of aliphatic hydroxyl groups is 10. The molecule has 0 bridgehead atoms. The Balaban J connectivity index is 1.02. The third-order valence-corrected chi connectivity index (χ3v) is 19.4. The molecule has 3 aliphatic heterocycles. The fraction of sp³-hybridized carbons (Fsp3) is 0.917. The van der Waals surface area contributed by atoms with Crippen LogP contribution >= 0.6 is 0 Å². The largest absolute Gasteiger partial charge is 0.479 e. The van der Waals surface area contributed by atoms with Gasteiger partial charge in [-0.2, -0.15) is 0 Å². The van der Waals surface area contributed by atoms with Gasteiger partial charge in [0.15, 0.2) is 18.7 Å². The number of aliphatic carboxylic acids is 1. The van der Waals surface area contributed by atoms with Crippen LogP contribution in [0.25, 0.3) is 0 Å². The van der Waals surface area contributed by atoms with Gasteiger partial charge in [-0.15, -0.1) is 0 Å². The number of carboxylic acid groups (broad SMARTS) is 1. The monoisotopic (exact) mass is 956 g/mol. The Labute approximate surface area is 391 Å². The van der Waals surface area contributed by atoms with Gasteiger partial charge in [-0.05, 0) is 111 Å². The standard InChI is InChI=1S/C48H76O19/c1-21-28(51)30(53)33(56)39(62-21)65-36-32(55)35(58)41(66-37(36)38(59)60)64-27-11-12-44(4)25(45(27,5)20-50)10-13-47(7)26(44)9-8-22-23-18-43(2,3)14-16-48(23,17-15-46(22,47)6)42(61)67-40-34(57)31(54)29(52)24(19-49)63-40/h8,21,23-37,39-41,49-58H,9-20H2,1-7H3,(H,59,60)/t21-,23-,24+,25+,26+,27-,28-,29+,30+,31-,32+,33+,34+,35+,36-,37-,39-,40-,41+,44-,45-,46+,47+,48-/m0/s1. The lowest BCUT2D eigenvalue weighted by atomic mass is 9.33. The van der Waals surface area contributed by atoms with Crippen LogP contribution < -0.4 is 0 Å². The second kappa shape index (κ2) is 18.0. The number of carbonyl (C=O) groups excluding carboxylic acids is 1. The molecule has 0 spiro atoms. The van der Waals surface area contributed by atoms with Crippen LogP contribution in [0, 0.1) is 50.2 Å². The first-order valence-corrected chi connectivity index (χ1v) is 24.3. The van der Waals surface area contributed by atoms with Gasteiger partial charge in [0.2, 0.25) is 6.29 Å². The number of carbonyl (C=O) groups is 2. The molecule has 67 heavy (non-hydrogen) atoms. The van der Waals surface area contributed by atoms with Crippen molar-refractivity contribution in [2.45, 2.75) is 211 Å². The predicted molar refractivity (Wildman–Crippen MR) is 231 cm³/mol. The van der Waals surface area contributed by atoms with E-state index in [0.29, 0.717) is 44.9 Å². The summed E-state index contributed by atoms with van der Waals surface area (Å²) in [5.41, 5.74) is -1.63. The van der Waals surface area contributed by atoms with Crippen LogP contribution in [0.4, 0.5) is 0 Å². The van der Waals surface area contributed by atoms with Crippen molar-refractivity contribution < 1.29 is 94.2 Å². The number of hydrogen-bond donors (Lipinski definition) is 11. The van der Waals surface area contributed by atoms with Crippen molar-refractivity contribution in [2.75, 3.05) is 13.2 Å². The highest BCUT2D eigenvalue weighted by atomic mass is 16.7. The van der Waals surface area contributed by atoms with E-state index in [0.717, 1.165) is 19.3 Å². The molecule has 382 valence electrons. The summed E-state index contributed by atoms with van der Waals surface area (Å²) in [4.78, 5) is 27.3. The summed E-state index contributed by atoms with van der Waals surface area (Å²) in [6.45, 7) is 13.8. The van der Waals surface area contributed by atoms with E-state index >= 15 is 0 Å². The van der Waals surface area contributed by atoms with Crippen LogP contribution in [0.1, 0.15) is 113 Å². The summed E-state index contributed by atoms with van der Waals surface area (Å²) < 4.78 is 35.1. The van der Waals surface area contributed by atoms with E-state index in [-0.39, 0.29) is 46.0 Å². The van der Waals surface area contributed by atoms with Gasteiger partial charge in [-0.3, -0.25) is 4.79 Å². The molecule has 4 saturated carbocycles. The minimum Gasteiger partial charge on any atom is -0.479 e. The third-order valence-electron chi connectivity index (χ3n) is 19.4. The smallest absolute Gasteiger partial charge is 0.335 e. The lowest BCUT2D eigenvalue weighted by Gasteiger charge is -2.71. The van der Waals surface area contributed by atoms with Crippen molar-refractivity contribution in [1.29, 1.82) is 0 Å². The Morgan fingerprint density at radius 2 is 1.31 bits per heavy atom. The molecule has 0 aromatic carbocycles. The lowest BCUT2D eigenvalue weighted by molar-refractivity contribution is -0.362. The van der Waals surface area contributed by atoms with Crippen LogP contribution in [-0.2, 0) is 38.0 Å². The number of rotatable bonds is 9. The van der Waals surface area contributed by atoms with Gasteiger partial charge in [0, 0.05) is 5.41 Å². The summed E-state index contributed by atoms with van der Waals surface area (Å²) in [7, 11) is 0. The molecule has 19 nitrogen and oxygen atoms in total. The second-order valence-corrected chi connectivity index (χ2v) is 23.3. The molecular weight excluding hydrogens is 881 g/mol. The Morgan fingerprint density at radius 3 is 1.97 bits per heavy atom. The Morgan fingerprint density at radius 1 is 0.687 bits per heavy atom. The van der Waals surface area contributed by atoms with E-state index in [9.17, 15) is 65.8 Å². The predicted octanol–water partition coefficient (Wildman–Crippen LogP) is 0.233. The maximum atomic E-state index is 14.7. The normalized spacial score (nSPS) is 54.0. The highest BCUT2D eigenvalue weighted by molar-refractivity contribution is 5.79. The fourth-order valence-corrected chi connectivity index (χ4v) is 15.0. The SMILES string of the molecule is C[C@@H]1O[C@@H](O[C@H]2[C@H](O)[C@@H](O)[C@H](O[C@H]3CC[C@@]4(C)[C@@H](CC[C@]5(C)[C@@H]4CC=C4[C@@H]6CC(C)(C)CC[C@]6(C(=O)O[C@@H]6O[C@H](CO)[C@@H](O)[C@H](O)[C@H]6O)CC[C@]45C)[C@]3(C)CO)O[C@@H]2C(=O)O)[C@H](O)[C@H](O)[C@H]1O. The zero-order valence-electron chi connectivity index (χ0n) is 39.7. The molecule has 0 radical (unpaired) electrons. The lowest BCUT2D eigenvalue weighted by Crippen LogP contribution is -2.67. The number of carboxylic acids is 1. The third kappa shape index (κ3) is 7.97.